The first-order valence-electron chi connectivity index (χ1n) is 9.19. The molecule has 2 heterocycles. The maximum Gasteiger partial charge on any atom is 0.338 e. The van der Waals surface area contributed by atoms with Crippen LogP contribution in [0.3, 0.4) is 0 Å². The maximum absolute atomic E-state index is 11.8. The zero-order chi connectivity index (χ0) is 21.3. The van der Waals surface area contributed by atoms with E-state index in [1.807, 2.05) is 6.07 Å². The molecule has 0 amide bonds. The molecule has 10 nitrogen and oxygen atoms in total. The molecule has 3 rings (SSSR count). The molecule has 0 atom stereocenters. The summed E-state index contributed by atoms with van der Waals surface area (Å²) < 4.78 is 15.8. The Bertz CT molecular complexity index is 1010. The highest BCUT2D eigenvalue weighted by molar-refractivity contribution is 5.89. The molecule has 30 heavy (non-hydrogen) atoms. The molecule has 10 heteroatoms. The standard InChI is InChI=1S/C20H21N4O6/c1-14-12-16(24(26)27-2)13-21-18(14)19-22-17(30-23-19)8-9-28-10-11-29-20(25)15-6-4-3-5-7-15/h3-7,12-13H,8-11H2,1-2H3/q+1. The number of carbonyl (C=O) groups is 1. The normalized spacial score (nSPS) is 10.6. The van der Waals surface area contributed by atoms with Gasteiger partial charge in [-0.25, -0.2) is 14.6 Å². The predicted octanol–water partition coefficient (Wildman–Crippen LogP) is 2.83. The fourth-order valence-corrected chi connectivity index (χ4v) is 2.56. The van der Waals surface area contributed by atoms with Crippen molar-refractivity contribution >= 4 is 11.7 Å². The molecule has 3 aromatic rings. The van der Waals surface area contributed by atoms with Gasteiger partial charge in [0.25, 0.3) is 4.92 Å². The number of ether oxygens (including phenoxy) is 2. The molecule has 2 aromatic heterocycles. The van der Waals surface area contributed by atoms with E-state index in [1.54, 1.807) is 37.3 Å². The molecule has 0 aliphatic carbocycles. The monoisotopic (exact) mass is 413 g/mol. The highest BCUT2D eigenvalue weighted by Gasteiger charge is 2.19. The third-order valence-electron chi connectivity index (χ3n) is 4.05. The number of aromatic nitrogens is 3. The highest BCUT2D eigenvalue weighted by Crippen LogP contribution is 2.22. The van der Waals surface area contributed by atoms with Crippen LogP contribution in [0.1, 0.15) is 21.8 Å². The Morgan fingerprint density at radius 3 is 2.70 bits per heavy atom. The quantitative estimate of drug-likeness (QED) is 0.281. The maximum atomic E-state index is 11.8. The lowest BCUT2D eigenvalue weighted by Gasteiger charge is -2.05. The number of pyridine rings is 1. The van der Waals surface area contributed by atoms with Crippen LogP contribution in [0.15, 0.2) is 47.1 Å². The summed E-state index contributed by atoms with van der Waals surface area (Å²) in [5.41, 5.74) is 1.98. The van der Waals surface area contributed by atoms with E-state index >= 15 is 0 Å². The van der Waals surface area contributed by atoms with Gasteiger partial charge in [0, 0.05) is 6.07 Å². The van der Waals surface area contributed by atoms with Gasteiger partial charge in [-0.3, -0.25) is 0 Å². The lowest BCUT2D eigenvalue weighted by molar-refractivity contribution is -0.736. The third-order valence-corrected chi connectivity index (χ3v) is 4.05. The van der Waals surface area contributed by atoms with Crippen LogP contribution in [0.4, 0.5) is 5.69 Å². The third kappa shape index (κ3) is 5.45. The topological polar surface area (TPSA) is 117 Å². The molecule has 0 N–H and O–H groups in total. The number of aryl methyl sites for hydroxylation is 1. The van der Waals surface area contributed by atoms with Crippen molar-refractivity contribution in [3.63, 3.8) is 0 Å². The summed E-state index contributed by atoms with van der Waals surface area (Å²) in [5, 5.41) is 3.92. The number of hydrogen-bond donors (Lipinski definition) is 0. The van der Waals surface area contributed by atoms with Crippen LogP contribution in [0.5, 0.6) is 0 Å². The molecule has 0 fully saturated rings. The second-order valence-electron chi connectivity index (χ2n) is 6.17. The van der Waals surface area contributed by atoms with Gasteiger partial charge < -0.3 is 14.0 Å². The zero-order valence-electron chi connectivity index (χ0n) is 16.6. The van der Waals surface area contributed by atoms with Gasteiger partial charge in [0.2, 0.25) is 11.7 Å². The first-order chi connectivity index (χ1) is 14.6. The van der Waals surface area contributed by atoms with E-state index in [9.17, 15) is 9.70 Å². The van der Waals surface area contributed by atoms with Crippen LogP contribution >= 0.6 is 0 Å². The number of esters is 1. The minimum Gasteiger partial charge on any atom is -0.460 e. The zero-order valence-corrected chi connectivity index (χ0v) is 16.6. The molecule has 0 saturated carbocycles. The highest BCUT2D eigenvalue weighted by atomic mass is 16.8. The summed E-state index contributed by atoms with van der Waals surface area (Å²) in [6.07, 6.45) is 1.77. The Labute approximate surface area is 172 Å². The molecular formula is C20H21N4O6+. The Kier molecular flexibility index (Phi) is 7.17. The predicted molar refractivity (Wildman–Crippen MR) is 104 cm³/mol. The van der Waals surface area contributed by atoms with Crippen LogP contribution in [0, 0.1) is 11.8 Å². The van der Waals surface area contributed by atoms with Crippen molar-refractivity contribution in [2.75, 3.05) is 26.9 Å². The Morgan fingerprint density at radius 2 is 1.97 bits per heavy atom. The summed E-state index contributed by atoms with van der Waals surface area (Å²) in [4.78, 5) is 36.7. The van der Waals surface area contributed by atoms with Crippen molar-refractivity contribution in [1.29, 1.82) is 0 Å². The molecule has 0 spiro atoms. The van der Waals surface area contributed by atoms with Gasteiger partial charge in [0.05, 0.1) is 30.1 Å². The average Bonchev–Trinajstić information content (AvgIpc) is 3.24. The van der Waals surface area contributed by atoms with Crippen molar-refractivity contribution < 1.29 is 28.6 Å². The lowest BCUT2D eigenvalue weighted by atomic mass is 10.2. The molecule has 0 bridgehead atoms. The van der Waals surface area contributed by atoms with Gasteiger partial charge >= 0.3 is 11.7 Å². The summed E-state index contributed by atoms with van der Waals surface area (Å²) in [7, 11) is 1.27. The summed E-state index contributed by atoms with van der Waals surface area (Å²) in [6.45, 7) is 2.52. The van der Waals surface area contributed by atoms with E-state index in [0.29, 0.717) is 46.5 Å². The number of carbonyl (C=O) groups excluding carboxylic acids is 1. The first kappa shape index (κ1) is 21.1. The Hall–Kier alpha value is -3.66. The first-order valence-corrected chi connectivity index (χ1v) is 9.19. The molecule has 0 aliphatic rings. The molecule has 0 unspecified atom stereocenters. The number of hydrogen-bond acceptors (Lipinski definition) is 9. The number of benzene rings is 1. The van der Waals surface area contributed by atoms with E-state index in [-0.39, 0.29) is 24.9 Å². The van der Waals surface area contributed by atoms with Crippen LogP contribution in [-0.2, 0) is 20.7 Å². The SMILES string of the molecule is CO[N+](=O)c1cnc(-c2noc(CCOCCOC(=O)c3ccccc3)n2)c(C)c1. The molecule has 0 saturated heterocycles. The van der Waals surface area contributed by atoms with Gasteiger partial charge in [-0.05, 0) is 24.6 Å². The van der Waals surface area contributed by atoms with Gasteiger partial charge in [-0.2, -0.15) is 4.98 Å². The minimum absolute atomic E-state index is 0.149. The van der Waals surface area contributed by atoms with Crippen LogP contribution < -0.4 is 0 Å². The van der Waals surface area contributed by atoms with Gasteiger partial charge in [-0.1, -0.05) is 23.4 Å². The molecule has 0 aliphatic heterocycles. The smallest absolute Gasteiger partial charge is 0.338 e. The van der Waals surface area contributed by atoms with Crippen molar-refractivity contribution in [2.24, 2.45) is 0 Å². The Morgan fingerprint density at radius 1 is 1.17 bits per heavy atom. The van der Waals surface area contributed by atoms with Gasteiger partial charge in [0.15, 0.2) is 7.11 Å². The summed E-state index contributed by atoms with van der Waals surface area (Å²) >= 11 is 0. The van der Waals surface area contributed by atoms with Crippen LogP contribution in [0.25, 0.3) is 11.5 Å². The van der Waals surface area contributed by atoms with Gasteiger partial charge in [-0.15, -0.1) is 0 Å². The molecular weight excluding hydrogens is 392 g/mol. The number of rotatable bonds is 10. The average molecular weight is 413 g/mol. The van der Waals surface area contributed by atoms with Crippen molar-refractivity contribution in [3.05, 3.63) is 64.5 Å². The van der Waals surface area contributed by atoms with E-state index in [4.69, 9.17) is 14.0 Å². The molecule has 1 aromatic carbocycles. The van der Waals surface area contributed by atoms with E-state index in [2.05, 4.69) is 20.0 Å². The second kappa shape index (κ2) is 10.2. The fraction of sp³-hybridized carbons (Fsp3) is 0.300. The largest absolute Gasteiger partial charge is 0.460 e. The van der Waals surface area contributed by atoms with E-state index in [1.165, 1.54) is 13.3 Å². The van der Waals surface area contributed by atoms with Crippen molar-refractivity contribution in [3.8, 4) is 11.5 Å². The van der Waals surface area contributed by atoms with Crippen molar-refractivity contribution in [1.82, 2.24) is 15.1 Å². The minimum atomic E-state index is -0.389. The Balaban J connectivity index is 1.43. The van der Waals surface area contributed by atoms with Gasteiger partial charge in [0.1, 0.15) is 18.5 Å². The summed E-state index contributed by atoms with van der Waals surface area (Å²) in [6, 6.07) is 10.4. The van der Waals surface area contributed by atoms with E-state index in [0.717, 1.165) is 0 Å². The lowest BCUT2D eigenvalue weighted by Crippen LogP contribution is -2.11. The molecule has 156 valence electrons. The van der Waals surface area contributed by atoms with Crippen molar-refractivity contribution in [2.45, 2.75) is 13.3 Å². The number of nitrogens with zero attached hydrogens (tertiary/aromatic N) is 4. The summed E-state index contributed by atoms with van der Waals surface area (Å²) in [5.74, 6) is 0.319. The van der Waals surface area contributed by atoms with E-state index < -0.39 is 0 Å². The second-order valence-corrected chi connectivity index (χ2v) is 6.17. The fourth-order valence-electron chi connectivity index (χ4n) is 2.56. The van der Waals surface area contributed by atoms with Crippen LogP contribution in [-0.4, -0.2) is 52.9 Å². The van der Waals surface area contributed by atoms with Crippen LogP contribution in [0.2, 0.25) is 0 Å². The molecule has 0 radical (unpaired) electrons.